The molecule has 0 radical (unpaired) electrons. The Labute approximate surface area is 121 Å². The Bertz CT molecular complexity index is 649. The first-order valence-corrected chi connectivity index (χ1v) is 7.17. The van der Waals surface area contributed by atoms with Gasteiger partial charge in [0, 0.05) is 10.6 Å². The quantitative estimate of drug-likeness (QED) is 0.863. The molecule has 0 saturated carbocycles. The first kappa shape index (κ1) is 14.6. The molecule has 1 atom stereocenters. The van der Waals surface area contributed by atoms with Gasteiger partial charge in [-0.25, -0.2) is 4.39 Å². The normalized spacial score (nSPS) is 11.9. The maximum Gasteiger partial charge on any atom is 0.124 e. The number of rotatable bonds is 4. The fourth-order valence-electron chi connectivity index (χ4n) is 1.83. The highest BCUT2D eigenvalue weighted by atomic mass is 32.2. The Kier molecular flexibility index (Phi) is 4.78. The summed E-state index contributed by atoms with van der Waals surface area (Å²) in [5.74, 6) is 0.188. The summed E-state index contributed by atoms with van der Waals surface area (Å²) < 4.78 is 13.3. The van der Waals surface area contributed by atoms with Gasteiger partial charge in [-0.3, -0.25) is 0 Å². The molecular weight excluding hydrogens is 273 g/mol. The summed E-state index contributed by atoms with van der Waals surface area (Å²) in [6.07, 6.45) is -0.505. The average molecular weight is 287 g/mol. The molecule has 1 unspecified atom stereocenters. The Morgan fingerprint density at radius 3 is 2.80 bits per heavy atom. The van der Waals surface area contributed by atoms with Crippen molar-refractivity contribution in [3.63, 3.8) is 0 Å². The van der Waals surface area contributed by atoms with Gasteiger partial charge in [-0.15, -0.1) is 11.8 Å². The number of aliphatic hydroxyl groups excluding tert-OH is 1. The van der Waals surface area contributed by atoms with Crippen molar-refractivity contribution in [3.8, 4) is 6.07 Å². The van der Waals surface area contributed by atoms with Crippen LogP contribution in [0.25, 0.3) is 0 Å². The lowest BCUT2D eigenvalue weighted by Crippen LogP contribution is -1.91. The zero-order chi connectivity index (χ0) is 14.5. The van der Waals surface area contributed by atoms with Crippen molar-refractivity contribution >= 4 is 11.8 Å². The van der Waals surface area contributed by atoms with E-state index in [1.54, 1.807) is 24.8 Å². The number of halogens is 1. The van der Waals surface area contributed by atoms with Crippen molar-refractivity contribution in [2.24, 2.45) is 0 Å². The maximum absolute atomic E-state index is 13.3. The summed E-state index contributed by atoms with van der Waals surface area (Å²) in [4.78, 5) is 1.01. The van der Waals surface area contributed by atoms with Crippen LogP contribution in [0.3, 0.4) is 0 Å². The van der Waals surface area contributed by atoms with E-state index >= 15 is 0 Å². The van der Waals surface area contributed by atoms with Gasteiger partial charge in [0.05, 0.1) is 17.7 Å². The van der Waals surface area contributed by atoms with Crippen LogP contribution < -0.4 is 0 Å². The third-order valence-electron chi connectivity index (χ3n) is 2.83. The van der Waals surface area contributed by atoms with E-state index in [1.165, 1.54) is 12.1 Å². The van der Waals surface area contributed by atoms with E-state index in [2.05, 4.69) is 0 Å². The number of benzene rings is 2. The standard InChI is InChI=1S/C16H14FNOS/c1-11(19)14-3-2-4-16(8-14)20-10-13-5-12(9-18)6-15(17)7-13/h2-8,11,19H,10H2,1H3. The van der Waals surface area contributed by atoms with Crippen LogP contribution >= 0.6 is 11.8 Å². The molecule has 1 N–H and O–H groups in total. The first-order chi connectivity index (χ1) is 9.58. The molecule has 0 aliphatic heterocycles. The molecule has 0 bridgehead atoms. The van der Waals surface area contributed by atoms with Gasteiger partial charge in [0.1, 0.15) is 5.82 Å². The fraction of sp³-hybridized carbons (Fsp3) is 0.188. The monoisotopic (exact) mass is 287 g/mol. The maximum atomic E-state index is 13.3. The number of nitriles is 1. The van der Waals surface area contributed by atoms with Gasteiger partial charge < -0.3 is 5.11 Å². The molecule has 0 aliphatic rings. The summed E-state index contributed by atoms with van der Waals surface area (Å²) in [6.45, 7) is 1.72. The SMILES string of the molecule is CC(O)c1cccc(SCc2cc(F)cc(C#N)c2)c1. The lowest BCUT2D eigenvalue weighted by atomic mass is 10.1. The van der Waals surface area contributed by atoms with Crippen molar-refractivity contribution in [1.29, 1.82) is 5.26 Å². The molecule has 4 heteroatoms. The van der Waals surface area contributed by atoms with Crippen molar-refractivity contribution in [2.75, 3.05) is 0 Å². The molecule has 102 valence electrons. The third-order valence-corrected chi connectivity index (χ3v) is 3.90. The van der Waals surface area contributed by atoms with Crippen LogP contribution in [0.15, 0.2) is 47.4 Å². The summed E-state index contributed by atoms with van der Waals surface area (Å²) >= 11 is 1.55. The topological polar surface area (TPSA) is 44.0 Å². The molecule has 0 spiro atoms. The molecule has 0 heterocycles. The Hall–Kier alpha value is -1.83. The largest absolute Gasteiger partial charge is 0.389 e. The van der Waals surface area contributed by atoms with Gasteiger partial charge in [-0.1, -0.05) is 12.1 Å². The van der Waals surface area contributed by atoms with Gasteiger partial charge in [-0.2, -0.15) is 5.26 Å². The number of hydrogen-bond acceptors (Lipinski definition) is 3. The molecular formula is C16H14FNOS. The minimum absolute atomic E-state index is 0.332. The summed E-state index contributed by atoms with van der Waals surface area (Å²) in [7, 11) is 0. The van der Waals surface area contributed by atoms with Gasteiger partial charge in [-0.05, 0) is 48.4 Å². The summed E-state index contributed by atoms with van der Waals surface area (Å²) in [5, 5.41) is 18.4. The molecule has 2 rings (SSSR count). The third kappa shape index (κ3) is 3.83. The Morgan fingerprint density at radius 1 is 1.30 bits per heavy atom. The molecule has 0 amide bonds. The average Bonchev–Trinajstić information content (AvgIpc) is 2.44. The second-order valence-corrected chi connectivity index (χ2v) is 5.55. The minimum atomic E-state index is -0.505. The van der Waals surface area contributed by atoms with Crippen molar-refractivity contribution in [3.05, 3.63) is 65.0 Å². The van der Waals surface area contributed by atoms with Gasteiger partial charge >= 0.3 is 0 Å². The number of thioether (sulfide) groups is 1. The highest BCUT2D eigenvalue weighted by Gasteiger charge is 2.04. The van der Waals surface area contributed by atoms with E-state index in [-0.39, 0.29) is 0 Å². The molecule has 2 aromatic rings. The van der Waals surface area contributed by atoms with Crippen molar-refractivity contribution in [1.82, 2.24) is 0 Å². The molecule has 0 aliphatic carbocycles. The smallest absolute Gasteiger partial charge is 0.124 e. The van der Waals surface area contributed by atoms with Crippen LogP contribution in [0.1, 0.15) is 29.7 Å². The van der Waals surface area contributed by atoms with E-state index in [1.807, 2.05) is 30.3 Å². The van der Waals surface area contributed by atoms with Crippen molar-refractivity contribution < 1.29 is 9.50 Å². The van der Waals surface area contributed by atoms with Crippen LogP contribution in [-0.4, -0.2) is 5.11 Å². The van der Waals surface area contributed by atoms with Crippen molar-refractivity contribution in [2.45, 2.75) is 23.7 Å². The first-order valence-electron chi connectivity index (χ1n) is 6.19. The van der Waals surface area contributed by atoms with Gasteiger partial charge in [0.25, 0.3) is 0 Å². The van der Waals surface area contributed by atoms with Crippen LogP contribution in [0.5, 0.6) is 0 Å². The van der Waals surface area contributed by atoms with E-state index in [0.29, 0.717) is 11.3 Å². The minimum Gasteiger partial charge on any atom is -0.389 e. The van der Waals surface area contributed by atoms with E-state index in [0.717, 1.165) is 16.0 Å². The zero-order valence-electron chi connectivity index (χ0n) is 11.0. The molecule has 2 nitrogen and oxygen atoms in total. The lowest BCUT2D eigenvalue weighted by molar-refractivity contribution is 0.199. The second-order valence-electron chi connectivity index (χ2n) is 4.50. The van der Waals surface area contributed by atoms with E-state index < -0.39 is 11.9 Å². The summed E-state index contributed by atoms with van der Waals surface area (Å²) in [6, 6.07) is 13.9. The predicted octanol–water partition coefficient (Wildman–Crippen LogP) is 4.04. The number of nitrogens with zero attached hydrogens (tertiary/aromatic N) is 1. The molecule has 0 aromatic heterocycles. The van der Waals surface area contributed by atoms with Crippen LogP contribution in [0.4, 0.5) is 4.39 Å². The summed E-state index contributed by atoms with van der Waals surface area (Å²) in [5.41, 5.74) is 1.96. The number of aliphatic hydroxyl groups is 1. The molecule has 0 fully saturated rings. The lowest BCUT2D eigenvalue weighted by Gasteiger charge is -2.07. The fourth-order valence-corrected chi connectivity index (χ4v) is 2.72. The second kappa shape index (κ2) is 6.56. The molecule has 0 saturated heterocycles. The van der Waals surface area contributed by atoms with E-state index in [4.69, 9.17) is 5.26 Å². The molecule has 2 aromatic carbocycles. The highest BCUT2D eigenvalue weighted by molar-refractivity contribution is 7.98. The number of hydrogen-bond donors (Lipinski definition) is 1. The van der Waals surface area contributed by atoms with Crippen LogP contribution in [0.2, 0.25) is 0 Å². The Morgan fingerprint density at radius 2 is 2.10 bits per heavy atom. The highest BCUT2D eigenvalue weighted by Crippen LogP contribution is 2.26. The van der Waals surface area contributed by atoms with Gasteiger partial charge in [0.15, 0.2) is 0 Å². The Balaban J connectivity index is 2.11. The predicted molar refractivity (Wildman–Crippen MR) is 77.8 cm³/mol. The van der Waals surface area contributed by atoms with Crippen LogP contribution in [0, 0.1) is 17.1 Å². The zero-order valence-corrected chi connectivity index (χ0v) is 11.8. The van der Waals surface area contributed by atoms with E-state index in [9.17, 15) is 9.50 Å². The van der Waals surface area contributed by atoms with Crippen LogP contribution in [-0.2, 0) is 5.75 Å². The molecule has 20 heavy (non-hydrogen) atoms. The van der Waals surface area contributed by atoms with Gasteiger partial charge in [0.2, 0.25) is 0 Å².